The van der Waals surface area contributed by atoms with Crippen LogP contribution in [0.15, 0.2) is 66.4 Å². The number of aromatic nitrogens is 3. The van der Waals surface area contributed by atoms with Crippen molar-refractivity contribution in [1.82, 2.24) is 14.5 Å². The summed E-state index contributed by atoms with van der Waals surface area (Å²) in [6.07, 6.45) is 3.16. The fourth-order valence-electron chi connectivity index (χ4n) is 3.08. The zero-order valence-corrected chi connectivity index (χ0v) is 16.1. The standard InChI is InChI=1S/C21H16N4O3S/c26-20(17-11-22-13-25(17)15-4-2-1-3-5-15)24-21-23-16(12-29-21)14-6-7-18-19(10-14)28-9-8-27-18/h1-7,10-13H,8-9H2,(H,23,24,26). The number of amides is 1. The van der Waals surface area contributed by atoms with Crippen LogP contribution in [-0.2, 0) is 0 Å². The van der Waals surface area contributed by atoms with Gasteiger partial charge in [0, 0.05) is 16.6 Å². The molecule has 0 unspecified atom stereocenters. The normalized spacial score (nSPS) is 12.6. The Bertz CT molecular complexity index is 1170. The summed E-state index contributed by atoms with van der Waals surface area (Å²) in [6.45, 7) is 1.09. The molecule has 0 bridgehead atoms. The minimum absolute atomic E-state index is 0.269. The third-order valence-electron chi connectivity index (χ3n) is 4.47. The van der Waals surface area contributed by atoms with Gasteiger partial charge in [-0.2, -0.15) is 0 Å². The summed E-state index contributed by atoms with van der Waals surface area (Å²) in [5, 5.41) is 5.27. The van der Waals surface area contributed by atoms with Crippen LogP contribution in [0.3, 0.4) is 0 Å². The van der Waals surface area contributed by atoms with Crippen LogP contribution >= 0.6 is 11.3 Å². The Hall–Kier alpha value is -3.65. The second-order valence-electron chi connectivity index (χ2n) is 6.33. The Morgan fingerprint density at radius 3 is 2.76 bits per heavy atom. The lowest BCUT2D eigenvalue weighted by molar-refractivity contribution is 0.102. The lowest BCUT2D eigenvalue weighted by Crippen LogP contribution is -2.16. The first kappa shape index (κ1) is 17.4. The highest BCUT2D eigenvalue weighted by Gasteiger charge is 2.17. The monoisotopic (exact) mass is 404 g/mol. The first-order valence-corrected chi connectivity index (χ1v) is 9.90. The molecule has 144 valence electrons. The highest BCUT2D eigenvalue weighted by Crippen LogP contribution is 2.35. The Morgan fingerprint density at radius 1 is 1.07 bits per heavy atom. The summed E-state index contributed by atoms with van der Waals surface area (Å²) >= 11 is 1.36. The van der Waals surface area contributed by atoms with Crippen molar-refractivity contribution in [2.45, 2.75) is 0 Å². The molecule has 7 nitrogen and oxygen atoms in total. The van der Waals surface area contributed by atoms with Crippen LogP contribution < -0.4 is 14.8 Å². The molecule has 0 atom stereocenters. The molecule has 4 aromatic rings. The largest absolute Gasteiger partial charge is 0.486 e. The summed E-state index contributed by atoms with van der Waals surface area (Å²) in [7, 11) is 0. The van der Waals surface area contributed by atoms with Gasteiger partial charge in [-0.25, -0.2) is 9.97 Å². The van der Waals surface area contributed by atoms with Gasteiger partial charge in [-0.1, -0.05) is 18.2 Å². The molecule has 3 heterocycles. The molecule has 0 radical (unpaired) electrons. The lowest BCUT2D eigenvalue weighted by atomic mass is 10.1. The van der Waals surface area contributed by atoms with E-state index in [2.05, 4.69) is 15.3 Å². The first-order chi connectivity index (χ1) is 14.3. The number of nitrogens with one attached hydrogen (secondary N) is 1. The van der Waals surface area contributed by atoms with Crippen LogP contribution in [0, 0.1) is 0 Å². The first-order valence-electron chi connectivity index (χ1n) is 9.02. The van der Waals surface area contributed by atoms with E-state index < -0.39 is 0 Å². The fourth-order valence-corrected chi connectivity index (χ4v) is 3.80. The van der Waals surface area contributed by atoms with Crippen molar-refractivity contribution in [2.24, 2.45) is 0 Å². The van der Waals surface area contributed by atoms with Crippen LogP contribution in [0.25, 0.3) is 16.9 Å². The van der Waals surface area contributed by atoms with E-state index in [9.17, 15) is 4.79 Å². The lowest BCUT2D eigenvalue weighted by Gasteiger charge is -2.18. The van der Waals surface area contributed by atoms with Crippen molar-refractivity contribution in [2.75, 3.05) is 18.5 Å². The zero-order chi connectivity index (χ0) is 19.6. The minimum atomic E-state index is -0.269. The Balaban J connectivity index is 1.36. The second-order valence-corrected chi connectivity index (χ2v) is 7.19. The van der Waals surface area contributed by atoms with Gasteiger partial charge in [0.15, 0.2) is 16.6 Å². The van der Waals surface area contributed by atoms with Crippen molar-refractivity contribution in [3.8, 4) is 28.4 Å². The van der Waals surface area contributed by atoms with E-state index in [1.165, 1.54) is 17.5 Å². The highest BCUT2D eigenvalue weighted by molar-refractivity contribution is 7.14. The molecule has 5 rings (SSSR count). The van der Waals surface area contributed by atoms with Gasteiger partial charge in [0.1, 0.15) is 18.9 Å². The average Bonchev–Trinajstić information content (AvgIpc) is 3.44. The third kappa shape index (κ3) is 3.45. The summed E-state index contributed by atoms with van der Waals surface area (Å²) < 4.78 is 12.9. The average molecular weight is 404 g/mol. The van der Waals surface area contributed by atoms with Crippen LogP contribution in [0.5, 0.6) is 11.5 Å². The van der Waals surface area contributed by atoms with E-state index in [1.54, 1.807) is 10.9 Å². The topological polar surface area (TPSA) is 78.3 Å². The molecule has 1 amide bonds. The quantitative estimate of drug-likeness (QED) is 0.556. The van der Waals surface area contributed by atoms with Gasteiger partial charge in [-0.3, -0.25) is 14.7 Å². The highest BCUT2D eigenvalue weighted by atomic mass is 32.1. The number of ether oxygens (including phenoxy) is 2. The molecular weight excluding hydrogens is 388 g/mol. The van der Waals surface area contributed by atoms with E-state index in [-0.39, 0.29) is 5.91 Å². The summed E-state index contributed by atoms with van der Waals surface area (Å²) in [6, 6.07) is 15.3. The molecule has 0 spiro atoms. The molecule has 2 aromatic heterocycles. The molecule has 1 aliphatic rings. The fraction of sp³-hybridized carbons (Fsp3) is 0.0952. The maximum Gasteiger partial charge on any atom is 0.276 e. The molecule has 0 saturated heterocycles. The number of thiazole rings is 1. The van der Waals surface area contributed by atoms with Crippen LogP contribution in [0.4, 0.5) is 5.13 Å². The Labute approximate surface area is 170 Å². The van der Waals surface area contributed by atoms with Crippen molar-refractivity contribution in [1.29, 1.82) is 0 Å². The molecule has 0 fully saturated rings. The number of hydrogen-bond donors (Lipinski definition) is 1. The van der Waals surface area contributed by atoms with Gasteiger partial charge < -0.3 is 9.47 Å². The number of imidazole rings is 1. The number of carbonyl (C=O) groups excluding carboxylic acids is 1. The molecule has 29 heavy (non-hydrogen) atoms. The van der Waals surface area contributed by atoms with Gasteiger partial charge in [-0.15, -0.1) is 11.3 Å². The molecule has 1 N–H and O–H groups in total. The number of nitrogens with zero attached hydrogens (tertiary/aromatic N) is 3. The smallest absolute Gasteiger partial charge is 0.276 e. The Morgan fingerprint density at radius 2 is 1.90 bits per heavy atom. The summed E-state index contributed by atoms with van der Waals surface area (Å²) in [4.78, 5) is 21.4. The van der Waals surface area contributed by atoms with Gasteiger partial charge in [0.05, 0.1) is 18.2 Å². The van der Waals surface area contributed by atoms with E-state index in [0.717, 1.165) is 22.7 Å². The second kappa shape index (κ2) is 7.40. The molecule has 0 saturated carbocycles. The maximum absolute atomic E-state index is 12.8. The number of carbonyl (C=O) groups is 1. The van der Waals surface area contributed by atoms with Crippen molar-refractivity contribution >= 4 is 22.4 Å². The van der Waals surface area contributed by atoms with Crippen LogP contribution in [0.2, 0.25) is 0 Å². The molecule has 2 aromatic carbocycles. The van der Waals surface area contributed by atoms with E-state index in [0.29, 0.717) is 29.8 Å². The number of anilines is 1. The SMILES string of the molecule is O=C(Nc1nc(-c2ccc3c(c2)OCCO3)cs1)c1cncn1-c1ccccc1. The van der Waals surface area contributed by atoms with E-state index >= 15 is 0 Å². The predicted octanol–water partition coefficient (Wildman–Crippen LogP) is 4.02. The molecular formula is C21H16N4O3S. The number of hydrogen-bond acceptors (Lipinski definition) is 6. The molecule has 1 aliphatic heterocycles. The number of rotatable bonds is 4. The number of fused-ring (bicyclic) bond motifs is 1. The zero-order valence-electron chi connectivity index (χ0n) is 15.2. The molecule has 8 heteroatoms. The third-order valence-corrected chi connectivity index (χ3v) is 5.23. The van der Waals surface area contributed by atoms with E-state index in [4.69, 9.17) is 9.47 Å². The van der Waals surface area contributed by atoms with Crippen LogP contribution in [-0.4, -0.2) is 33.7 Å². The number of benzene rings is 2. The van der Waals surface area contributed by atoms with Crippen LogP contribution in [0.1, 0.15) is 10.5 Å². The minimum Gasteiger partial charge on any atom is -0.486 e. The van der Waals surface area contributed by atoms with Crippen molar-refractivity contribution in [3.05, 3.63) is 72.1 Å². The summed E-state index contributed by atoms with van der Waals surface area (Å²) in [5.74, 6) is 1.17. The Kier molecular flexibility index (Phi) is 4.45. The summed E-state index contributed by atoms with van der Waals surface area (Å²) in [5.41, 5.74) is 2.97. The van der Waals surface area contributed by atoms with Gasteiger partial charge in [0.2, 0.25) is 0 Å². The number of para-hydroxylation sites is 1. The predicted molar refractivity (Wildman–Crippen MR) is 110 cm³/mol. The van der Waals surface area contributed by atoms with Crippen molar-refractivity contribution < 1.29 is 14.3 Å². The van der Waals surface area contributed by atoms with E-state index in [1.807, 2.05) is 53.9 Å². The van der Waals surface area contributed by atoms with Gasteiger partial charge in [0.25, 0.3) is 5.91 Å². The molecule has 0 aliphatic carbocycles. The van der Waals surface area contributed by atoms with Gasteiger partial charge in [-0.05, 0) is 30.3 Å². The maximum atomic E-state index is 12.8. The van der Waals surface area contributed by atoms with Gasteiger partial charge >= 0.3 is 0 Å². The van der Waals surface area contributed by atoms with Crippen molar-refractivity contribution in [3.63, 3.8) is 0 Å².